The Morgan fingerprint density at radius 2 is 2.00 bits per heavy atom. The number of para-hydroxylation sites is 1. The van der Waals surface area contributed by atoms with E-state index in [0.717, 1.165) is 30.6 Å². The Kier molecular flexibility index (Phi) is 4.34. The first-order valence-corrected chi connectivity index (χ1v) is 10.3. The number of methoxy groups -OCH3 is 1. The molecule has 2 aliphatic carbocycles. The molecule has 5 nitrogen and oxygen atoms in total. The number of benzene rings is 2. The van der Waals surface area contributed by atoms with Gasteiger partial charge < -0.3 is 14.8 Å². The molecule has 3 aliphatic rings. The van der Waals surface area contributed by atoms with Crippen LogP contribution in [0, 0.1) is 17.8 Å². The van der Waals surface area contributed by atoms with E-state index in [1.165, 1.54) is 0 Å². The van der Waals surface area contributed by atoms with E-state index in [9.17, 15) is 9.59 Å². The first-order chi connectivity index (χ1) is 14.1. The molecule has 1 heterocycles. The Balaban J connectivity index is 1.21. The summed E-state index contributed by atoms with van der Waals surface area (Å²) in [6.45, 7) is 0.608. The number of ketones is 1. The molecule has 0 aromatic heterocycles. The maximum Gasteiger partial charge on any atom is 0.223 e. The monoisotopic (exact) mass is 391 g/mol. The van der Waals surface area contributed by atoms with Crippen molar-refractivity contribution >= 4 is 11.7 Å². The highest BCUT2D eigenvalue weighted by molar-refractivity contribution is 6.00. The van der Waals surface area contributed by atoms with Crippen LogP contribution in [-0.4, -0.2) is 30.9 Å². The summed E-state index contributed by atoms with van der Waals surface area (Å²) in [4.78, 5) is 25.5. The lowest BCUT2D eigenvalue weighted by Gasteiger charge is -2.37. The van der Waals surface area contributed by atoms with E-state index >= 15 is 0 Å². The molecule has 1 spiro atoms. The molecule has 0 bridgehead atoms. The van der Waals surface area contributed by atoms with Crippen molar-refractivity contribution in [1.29, 1.82) is 0 Å². The van der Waals surface area contributed by atoms with Crippen molar-refractivity contribution in [1.82, 2.24) is 5.32 Å². The number of amides is 1. The van der Waals surface area contributed by atoms with Gasteiger partial charge in [0.25, 0.3) is 0 Å². The Hall–Kier alpha value is -2.82. The Bertz CT molecular complexity index is 954. The van der Waals surface area contributed by atoms with Crippen LogP contribution >= 0.6 is 0 Å². The minimum atomic E-state index is -0.492. The van der Waals surface area contributed by atoms with Gasteiger partial charge in [0.15, 0.2) is 5.78 Å². The summed E-state index contributed by atoms with van der Waals surface area (Å²) in [5.74, 6) is 2.21. The fourth-order valence-electron chi connectivity index (χ4n) is 5.36. The van der Waals surface area contributed by atoms with Crippen LogP contribution in [0.5, 0.6) is 11.5 Å². The predicted molar refractivity (Wildman–Crippen MR) is 108 cm³/mol. The lowest BCUT2D eigenvalue weighted by atomic mass is 9.84. The van der Waals surface area contributed by atoms with Crippen molar-refractivity contribution in [2.45, 2.75) is 31.3 Å². The molecule has 5 rings (SSSR count). The molecule has 0 radical (unpaired) electrons. The second-order valence-corrected chi connectivity index (χ2v) is 8.41. The molecule has 0 unspecified atom stereocenters. The molecule has 1 aliphatic heterocycles. The van der Waals surface area contributed by atoms with Gasteiger partial charge in [0, 0.05) is 18.4 Å². The standard InChI is InChI=1S/C24H25NO4/c1-28-16-8-6-15(7-9-16)11-13-25-23(27)21-18-10-12-24(22(18)21)14-19(26)17-4-2-3-5-20(17)29-24/h2-9,18,21-22H,10-14H2,1H3,(H,25,27)/t18-,21+,22+,24+/m0/s1. The maximum atomic E-state index is 12.8. The number of Topliss-reactive ketones (excluding diaryl/α,β-unsaturated/α-hetero) is 1. The van der Waals surface area contributed by atoms with Crippen LogP contribution in [-0.2, 0) is 11.2 Å². The molecule has 5 heteroatoms. The van der Waals surface area contributed by atoms with Crippen LogP contribution in [0.15, 0.2) is 48.5 Å². The fourth-order valence-corrected chi connectivity index (χ4v) is 5.36. The number of fused-ring (bicyclic) bond motifs is 3. The first kappa shape index (κ1) is 18.2. The van der Waals surface area contributed by atoms with Crippen molar-refractivity contribution in [3.8, 4) is 11.5 Å². The van der Waals surface area contributed by atoms with Crippen molar-refractivity contribution in [2.24, 2.45) is 17.8 Å². The molecule has 150 valence electrons. The molecule has 2 aromatic carbocycles. The van der Waals surface area contributed by atoms with E-state index < -0.39 is 5.60 Å². The van der Waals surface area contributed by atoms with Crippen LogP contribution in [0.2, 0.25) is 0 Å². The third-order valence-corrected chi connectivity index (χ3v) is 6.81. The van der Waals surface area contributed by atoms with Crippen molar-refractivity contribution in [3.63, 3.8) is 0 Å². The summed E-state index contributed by atoms with van der Waals surface area (Å²) in [6, 6.07) is 15.4. The van der Waals surface area contributed by atoms with Crippen LogP contribution < -0.4 is 14.8 Å². The van der Waals surface area contributed by atoms with Gasteiger partial charge >= 0.3 is 0 Å². The number of hydrogen-bond donors (Lipinski definition) is 1. The second-order valence-electron chi connectivity index (χ2n) is 8.41. The fraction of sp³-hybridized carbons (Fsp3) is 0.417. The smallest absolute Gasteiger partial charge is 0.223 e. The van der Waals surface area contributed by atoms with Gasteiger partial charge in [0.05, 0.1) is 19.1 Å². The van der Waals surface area contributed by atoms with E-state index in [0.29, 0.717) is 30.2 Å². The van der Waals surface area contributed by atoms with Gasteiger partial charge in [0.2, 0.25) is 5.91 Å². The number of hydrogen-bond acceptors (Lipinski definition) is 4. The number of ether oxygens (including phenoxy) is 2. The SMILES string of the molecule is COc1ccc(CCNC(=O)[C@@H]2[C@@H]3CC[C@@]4(CC(=O)c5ccccc5O4)[C@H]32)cc1. The molecule has 1 N–H and O–H groups in total. The average Bonchev–Trinajstić information content (AvgIpc) is 3.39. The quantitative estimate of drug-likeness (QED) is 0.848. The summed E-state index contributed by atoms with van der Waals surface area (Å²) >= 11 is 0. The number of rotatable bonds is 5. The van der Waals surface area contributed by atoms with Crippen LogP contribution in [0.3, 0.4) is 0 Å². The van der Waals surface area contributed by atoms with Gasteiger partial charge in [-0.05, 0) is 55.0 Å². The van der Waals surface area contributed by atoms with E-state index in [1.54, 1.807) is 7.11 Å². The molecule has 4 atom stereocenters. The van der Waals surface area contributed by atoms with Gasteiger partial charge in [-0.3, -0.25) is 9.59 Å². The van der Waals surface area contributed by atoms with Gasteiger partial charge in [-0.1, -0.05) is 24.3 Å². The number of carbonyl (C=O) groups excluding carboxylic acids is 2. The van der Waals surface area contributed by atoms with Gasteiger partial charge in [-0.2, -0.15) is 0 Å². The summed E-state index contributed by atoms with van der Waals surface area (Å²) < 4.78 is 11.5. The van der Waals surface area contributed by atoms with E-state index in [1.807, 2.05) is 48.5 Å². The zero-order valence-corrected chi connectivity index (χ0v) is 16.5. The zero-order valence-electron chi connectivity index (χ0n) is 16.5. The molecule has 2 fully saturated rings. The van der Waals surface area contributed by atoms with Gasteiger partial charge in [-0.25, -0.2) is 0 Å². The normalized spacial score (nSPS) is 29.0. The van der Waals surface area contributed by atoms with Crippen LogP contribution in [0.4, 0.5) is 0 Å². The summed E-state index contributed by atoms with van der Waals surface area (Å²) in [6.07, 6.45) is 2.99. The highest BCUT2D eigenvalue weighted by Gasteiger charge is 2.70. The third kappa shape index (κ3) is 3.09. The van der Waals surface area contributed by atoms with Gasteiger partial charge in [-0.15, -0.1) is 0 Å². The lowest BCUT2D eigenvalue weighted by Crippen LogP contribution is -2.44. The predicted octanol–water partition coefficient (Wildman–Crippen LogP) is 3.41. The molecule has 1 amide bonds. The Morgan fingerprint density at radius 1 is 1.21 bits per heavy atom. The molecular weight excluding hydrogens is 366 g/mol. The Labute approximate surface area is 170 Å². The van der Waals surface area contributed by atoms with Crippen LogP contribution in [0.25, 0.3) is 0 Å². The Morgan fingerprint density at radius 3 is 2.79 bits per heavy atom. The lowest BCUT2D eigenvalue weighted by molar-refractivity contribution is -0.124. The first-order valence-electron chi connectivity index (χ1n) is 10.3. The van der Waals surface area contributed by atoms with Gasteiger partial charge in [0.1, 0.15) is 17.1 Å². The van der Waals surface area contributed by atoms with Crippen molar-refractivity contribution < 1.29 is 19.1 Å². The molecular formula is C24H25NO4. The summed E-state index contributed by atoms with van der Waals surface area (Å²) in [7, 11) is 1.65. The summed E-state index contributed by atoms with van der Waals surface area (Å²) in [5, 5.41) is 3.09. The average molecular weight is 391 g/mol. The molecule has 0 saturated heterocycles. The topological polar surface area (TPSA) is 64.6 Å². The minimum Gasteiger partial charge on any atom is -0.497 e. The highest BCUT2D eigenvalue weighted by atomic mass is 16.5. The second kappa shape index (κ2) is 6.90. The van der Waals surface area contributed by atoms with E-state index in [4.69, 9.17) is 9.47 Å². The highest BCUT2D eigenvalue weighted by Crippen LogP contribution is 2.65. The third-order valence-electron chi connectivity index (χ3n) is 6.81. The van der Waals surface area contributed by atoms with E-state index in [-0.39, 0.29) is 23.5 Å². The minimum absolute atomic E-state index is 0.0299. The largest absolute Gasteiger partial charge is 0.497 e. The maximum absolute atomic E-state index is 12.8. The number of carbonyl (C=O) groups is 2. The van der Waals surface area contributed by atoms with Crippen LogP contribution in [0.1, 0.15) is 35.2 Å². The molecule has 2 saturated carbocycles. The zero-order chi connectivity index (χ0) is 20.0. The molecule has 29 heavy (non-hydrogen) atoms. The van der Waals surface area contributed by atoms with Crippen molar-refractivity contribution in [3.05, 3.63) is 59.7 Å². The number of nitrogens with one attached hydrogen (secondary N) is 1. The summed E-state index contributed by atoms with van der Waals surface area (Å²) in [5.41, 5.74) is 1.34. The van der Waals surface area contributed by atoms with E-state index in [2.05, 4.69) is 5.32 Å². The van der Waals surface area contributed by atoms with Crippen molar-refractivity contribution in [2.75, 3.05) is 13.7 Å². The molecule has 2 aromatic rings.